The number of carbonyl (C=O) groups is 1. The van der Waals surface area contributed by atoms with Gasteiger partial charge in [0.1, 0.15) is 11.5 Å². The van der Waals surface area contributed by atoms with Crippen LogP contribution in [0.2, 0.25) is 0 Å². The number of rotatable bonds is 9. The number of aromatic nitrogens is 3. The van der Waals surface area contributed by atoms with E-state index in [4.69, 9.17) is 5.10 Å². The van der Waals surface area contributed by atoms with Gasteiger partial charge in [-0.3, -0.25) is 4.79 Å². The van der Waals surface area contributed by atoms with Crippen LogP contribution in [0.4, 0.5) is 4.39 Å². The van der Waals surface area contributed by atoms with E-state index in [1.54, 1.807) is 16.6 Å². The highest BCUT2D eigenvalue weighted by Crippen LogP contribution is 2.26. The third kappa shape index (κ3) is 6.16. The minimum absolute atomic E-state index is 0.0266. The lowest BCUT2D eigenvalue weighted by Crippen LogP contribution is -2.34. The Morgan fingerprint density at radius 2 is 1.91 bits per heavy atom. The van der Waals surface area contributed by atoms with E-state index in [0.717, 1.165) is 38.2 Å². The Morgan fingerprint density at radius 3 is 2.55 bits per heavy atom. The standard InChI is InChI=1S/C26H36FN5O/c1-7-31(8-2)14-10-11-18(3)28-25(33)21-16-22(19-12-9-13-20(27)15-19)32-24(29-21)17-23(30-32)26(4,5)6/h9,12-13,15-18H,7-8,10-11,14H2,1-6H3,(H,28,33). The maximum Gasteiger partial charge on any atom is 0.270 e. The predicted octanol–water partition coefficient (Wildman–Crippen LogP) is 5.07. The van der Waals surface area contributed by atoms with Crippen molar-refractivity contribution in [3.05, 3.63) is 53.6 Å². The summed E-state index contributed by atoms with van der Waals surface area (Å²) in [4.78, 5) is 20.0. The molecule has 0 aliphatic heterocycles. The zero-order valence-corrected chi connectivity index (χ0v) is 20.7. The lowest BCUT2D eigenvalue weighted by molar-refractivity contribution is 0.0932. The minimum Gasteiger partial charge on any atom is -0.348 e. The van der Waals surface area contributed by atoms with Crippen LogP contribution in [0.1, 0.15) is 70.6 Å². The van der Waals surface area contributed by atoms with Crippen molar-refractivity contribution >= 4 is 11.6 Å². The summed E-state index contributed by atoms with van der Waals surface area (Å²) in [5, 5.41) is 7.79. The summed E-state index contributed by atoms with van der Waals surface area (Å²) in [7, 11) is 0. The quantitative estimate of drug-likeness (QED) is 0.491. The third-order valence-corrected chi connectivity index (χ3v) is 5.93. The highest BCUT2D eigenvalue weighted by atomic mass is 19.1. The van der Waals surface area contributed by atoms with Gasteiger partial charge in [-0.2, -0.15) is 5.10 Å². The molecule has 1 N–H and O–H groups in total. The van der Waals surface area contributed by atoms with Crippen molar-refractivity contribution in [3.8, 4) is 11.3 Å². The van der Waals surface area contributed by atoms with Crippen molar-refractivity contribution in [1.29, 1.82) is 0 Å². The molecule has 3 rings (SSSR count). The number of benzene rings is 1. The first-order valence-electron chi connectivity index (χ1n) is 11.8. The predicted molar refractivity (Wildman–Crippen MR) is 131 cm³/mol. The zero-order valence-electron chi connectivity index (χ0n) is 20.7. The number of hydrogen-bond donors (Lipinski definition) is 1. The summed E-state index contributed by atoms with van der Waals surface area (Å²) in [6.45, 7) is 15.6. The summed E-state index contributed by atoms with van der Waals surface area (Å²) >= 11 is 0. The van der Waals surface area contributed by atoms with Gasteiger partial charge in [0.25, 0.3) is 5.91 Å². The Kier molecular flexibility index (Phi) is 7.84. The topological polar surface area (TPSA) is 62.5 Å². The van der Waals surface area contributed by atoms with Crippen molar-refractivity contribution in [2.45, 2.75) is 65.8 Å². The number of nitrogens with zero attached hydrogens (tertiary/aromatic N) is 4. The Bertz CT molecular complexity index is 1100. The third-order valence-electron chi connectivity index (χ3n) is 5.93. The molecule has 2 aromatic heterocycles. The molecular weight excluding hydrogens is 417 g/mol. The molecule has 0 spiro atoms. The lowest BCUT2D eigenvalue weighted by Gasteiger charge is -2.19. The van der Waals surface area contributed by atoms with Crippen molar-refractivity contribution in [2.24, 2.45) is 0 Å². The smallest absolute Gasteiger partial charge is 0.270 e. The second-order valence-corrected chi connectivity index (χ2v) is 9.63. The fourth-order valence-electron chi connectivity index (χ4n) is 3.84. The maximum absolute atomic E-state index is 14.0. The van der Waals surface area contributed by atoms with Crippen LogP contribution >= 0.6 is 0 Å². The molecular formula is C26H36FN5O. The van der Waals surface area contributed by atoms with Gasteiger partial charge < -0.3 is 10.2 Å². The molecule has 0 bridgehead atoms. The maximum atomic E-state index is 14.0. The molecule has 2 heterocycles. The molecule has 1 aromatic carbocycles. The molecule has 7 heteroatoms. The largest absolute Gasteiger partial charge is 0.348 e. The van der Waals surface area contributed by atoms with Crippen LogP contribution in [0.5, 0.6) is 0 Å². The van der Waals surface area contributed by atoms with Crippen LogP contribution in [0.3, 0.4) is 0 Å². The molecule has 0 radical (unpaired) electrons. The highest BCUT2D eigenvalue weighted by molar-refractivity contribution is 5.94. The Hall–Kier alpha value is -2.80. The highest BCUT2D eigenvalue weighted by Gasteiger charge is 2.22. The Morgan fingerprint density at radius 1 is 1.18 bits per heavy atom. The van der Waals surface area contributed by atoms with E-state index >= 15 is 0 Å². The first kappa shape index (κ1) is 24.8. The Labute approximate surface area is 196 Å². The second-order valence-electron chi connectivity index (χ2n) is 9.63. The van der Waals surface area contributed by atoms with E-state index in [1.807, 2.05) is 19.1 Å². The van der Waals surface area contributed by atoms with Crippen LogP contribution < -0.4 is 5.32 Å². The van der Waals surface area contributed by atoms with Crippen LogP contribution in [0.25, 0.3) is 16.9 Å². The first-order valence-corrected chi connectivity index (χ1v) is 11.8. The molecule has 0 aliphatic rings. The molecule has 1 atom stereocenters. The fourth-order valence-corrected chi connectivity index (χ4v) is 3.84. The lowest BCUT2D eigenvalue weighted by atomic mass is 9.93. The van der Waals surface area contributed by atoms with Crippen LogP contribution in [-0.4, -0.2) is 51.1 Å². The molecule has 0 aliphatic carbocycles. The summed E-state index contributed by atoms with van der Waals surface area (Å²) in [5.74, 6) is -0.572. The number of nitrogens with one attached hydrogen (secondary N) is 1. The van der Waals surface area contributed by atoms with Gasteiger partial charge in [0.05, 0.1) is 11.4 Å². The number of fused-ring (bicyclic) bond motifs is 1. The van der Waals surface area contributed by atoms with Gasteiger partial charge in [-0.15, -0.1) is 0 Å². The van der Waals surface area contributed by atoms with Gasteiger partial charge in [0.15, 0.2) is 5.65 Å². The minimum atomic E-state index is -0.339. The van der Waals surface area contributed by atoms with Crippen molar-refractivity contribution in [2.75, 3.05) is 19.6 Å². The van der Waals surface area contributed by atoms with Crippen molar-refractivity contribution in [1.82, 2.24) is 24.8 Å². The van der Waals surface area contributed by atoms with Gasteiger partial charge in [-0.1, -0.05) is 46.8 Å². The van der Waals surface area contributed by atoms with Gasteiger partial charge in [0.2, 0.25) is 0 Å². The van der Waals surface area contributed by atoms with Crippen molar-refractivity contribution < 1.29 is 9.18 Å². The number of hydrogen-bond acceptors (Lipinski definition) is 4. The summed E-state index contributed by atoms with van der Waals surface area (Å²) in [6.07, 6.45) is 1.91. The molecule has 1 unspecified atom stereocenters. The van der Waals surface area contributed by atoms with Crippen LogP contribution in [-0.2, 0) is 5.41 Å². The van der Waals surface area contributed by atoms with Crippen LogP contribution in [0, 0.1) is 5.82 Å². The van der Waals surface area contributed by atoms with Gasteiger partial charge in [0, 0.05) is 23.1 Å². The molecule has 0 saturated carbocycles. The first-order chi connectivity index (χ1) is 15.6. The SMILES string of the molecule is CCN(CC)CCCC(C)NC(=O)c1cc(-c2cccc(F)c2)n2nc(C(C)(C)C)cc2n1. The number of halogens is 1. The molecule has 33 heavy (non-hydrogen) atoms. The van der Waals surface area contributed by atoms with Gasteiger partial charge in [-0.25, -0.2) is 13.9 Å². The average molecular weight is 454 g/mol. The zero-order chi connectivity index (χ0) is 24.2. The second kappa shape index (κ2) is 10.4. The van der Waals surface area contributed by atoms with Crippen molar-refractivity contribution in [3.63, 3.8) is 0 Å². The van der Waals surface area contributed by atoms with E-state index in [9.17, 15) is 9.18 Å². The molecule has 0 fully saturated rings. The van der Waals surface area contributed by atoms with E-state index in [2.05, 4.69) is 49.8 Å². The molecule has 0 saturated heterocycles. The van der Waals surface area contributed by atoms with E-state index < -0.39 is 0 Å². The summed E-state index contributed by atoms with van der Waals surface area (Å²) < 4.78 is 15.7. The Balaban J connectivity index is 1.89. The summed E-state index contributed by atoms with van der Waals surface area (Å²) in [6, 6.07) is 9.94. The number of carbonyl (C=O) groups excluding carboxylic acids is 1. The average Bonchev–Trinajstić information content (AvgIpc) is 3.21. The summed E-state index contributed by atoms with van der Waals surface area (Å²) in [5.41, 5.74) is 2.82. The van der Waals surface area contributed by atoms with E-state index in [0.29, 0.717) is 22.6 Å². The molecule has 6 nitrogen and oxygen atoms in total. The van der Waals surface area contributed by atoms with Crippen LogP contribution in [0.15, 0.2) is 36.4 Å². The monoisotopic (exact) mass is 453 g/mol. The number of amides is 1. The van der Waals surface area contributed by atoms with Gasteiger partial charge in [-0.05, 0) is 57.6 Å². The van der Waals surface area contributed by atoms with E-state index in [1.165, 1.54) is 12.1 Å². The van der Waals surface area contributed by atoms with E-state index in [-0.39, 0.29) is 23.2 Å². The normalized spacial score (nSPS) is 13.0. The molecule has 1 amide bonds. The van der Waals surface area contributed by atoms with Gasteiger partial charge >= 0.3 is 0 Å². The fraction of sp³-hybridized carbons (Fsp3) is 0.500. The molecule has 3 aromatic rings. The molecule has 178 valence electrons.